The SMILES string of the molecule is CC(/C=C/C(=O)/C=C/C(C)=C/c1ccccc1)=C\c1ccccc1. The normalized spacial score (nSPS) is 12.9. The van der Waals surface area contributed by atoms with E-state index in [0.29, 0.717) is 0 Å². The van der Waals surface area contributed by atoms with E-state index in [2.05, 4.69) is 0 Å². The summed E-state index contributed by atoms with van der Waals surface area (Å²) in [5.41, 5.74) is 4.34. The molecule has 0 aromatic heterocycles. The Morgan fingerprint density at radius 1 is 0.625 bits per heavy atom. The molecule has 2 aromatic carbocycles. The Morgan fingerprint density at radius 3 is 1.38 bits per heavy atom. The highest BCUT2D eigenvalue weighted by Crippen LogP contribution is 2.08. The van der Waals surface area contributed by atoms with Crippen molar-refractivity contribution in [2.75, 3.05) is 0 Å². The molecule has 1 nitrogen and oxygen atoms in total. The fraction of sp³-hybridized carbons (Fsp3) is 0.0870. The highest BCUT2D eigenvalue weighted by molar-refractivity contribution is 6.00. The predicted octanol–water partition coefficient (Wildman–Crippen LogP) is 5.87. The number of hydrogen-bond acceptors (Lipinski definition) is 1. The van der Waals surface area contributed by atoms with Crippen LogP contribution in [-0.4, -0.2) is 5.78 Å². The van der Waals surface area contributed by atoms with Crippen LogP contribution in [0.5, 0.6) is 0 Å². The van der Waals surface area contributed by atoms with E-state index < -0.39 is 0 Å². The van der Waals surface area contributed by atoms with Crippen molar-refractivity contribution in [2.24, 2.45) is 0 Å². The molecule has 2 aromatic rings. The molecular formula is C23H22O. The fourth-order valence-corrected chi connectivity index (χ4v) is 2.20. The van der Waals surface area contributed by atoms with Gasteiger partial charge in [-0.25, -0.2) is 0 Å². The lowest BCUT2D eigenvalue weighted by molar-refractivity contribution is -0.110. The molecule has 2 rings (SSSR count). The quantitative estimate of drug-likeness (QED) is 0.481. The third-order valence-electron chi connectivity index (χ3n) is 3.41. The minimum Gasteiger partial charge on any atom is -0.290 e. The highest BCUT2D eigenvalue weighted by Gasteiger charge is 1.92. The first-order chi connectivity index (χ1) is 11.6. The molecule has 0 N–H and O–H groups in total. The van der Waals surface area contributed by atoms with Crippen molar-refractivity contribution >= 4 is 17.9 Å². The number of benzene rings is 2. The van der Waals surface area contributed by atoms with Gasteiger partial charge in [0.1, 0.15) is 0 Å². The average molecular weight is 314 g/mol. The number of rotatable bonds is 6. The number of carbonyl (C=O) groups is 1. The largest absolute Gasteiger partial charge is 0.290 e. The zero-order valence-corrected chi connectivity index (χ0v) is 14.1. The number of ketones is 1. The van der Waals surface area contributed by atoms with Gasteiger partial charge in [0.05, 0.1) is 0 Å². The lowest BCUT2D eigenvalue weighted by Gasteiger charge is -1.95. The second kappa shape index (κ2) is 9.26. The predicted molar refractivity (Wildman–Crippen MR) is 103 cm³/mol. The summed E-state index contributed by atoms with van der Waals surface area (Å²) in [6.45, 7) is 3.97. The van der Waals surface area contributed by atoms with E-state index in [1.165, 1.54) is 0 Å². The minimum atomic E-state index is -0.0170. The molecule has 0 aliphatic rings. The van der Waals surface area contributed by atoms with Crippen molar-refractivity contribution in [3.8, 4) is 0 Å². The van der Waals surface area contributed by atoms with Crippen LogP contribution in [0, 0.1) is 0 Å². The zero-order valence-electron chi connectivity index (χ0n) is 14.1. The van der Waals surface area contributed by atoms with E-state index in [4.69, 9.17) is 0 Å². The molecule has 0 fully saturated rings. The molecular weight excluding hydrogens is 292 g/mol. The molecule has 0 radical (unpaired) electrons. The molecule has 0 heterocycles. The molecule has 0 saturated carbocycles. The van der Waals surface area contributed by atoms with Crippen molar-refractivity contribution in [3.63, 3.8) is 0 Å². The van der Waals surface area contributed by atoms with Crippen molar-refractivity contribution in [1.82, 2.24) is 0 Å². The molecule has 1 heteroatoms. The van der Waals surface area contributed by atoms with E-state index in [9.17, 15) is 4.79 Å². The van der Waals surface area contributed by atoms with E-state index in [1.807, 2.05) is 98.8 Å². The maximum atomic E-state index is 11.9. The third kappa shape index (κ3) is 6.45. The monoisotopic (exact) mass is 314 g/mol. The van der Waals surface area contributed by atoms with Crippen LogP contribution in [0.2, 0.25) is 0 Å². The van der Waals surface area contributed by atoms with Crippen molar-refractivity contribution in [1.29, 1.82) is 0 Å². The summed E-state index contributed by atoms with van der Waals surface area (Å²) in [7, 11) is 0. The second-order valence-corrected chi connectivity index (χ2v) is 5.67. The standard InChI is InChI=1S/C23H22O/c1-19(17-21-9-5-3-6-10-21)13-15-23(24)16-14-20(2)18-22-11-7-4-8-12-22/h3-18H,1-2H3/b15-13+,16-14+,19-17+,20-18+. The topological polar surface area (TPSA) is 17.1 Å². The van der Waals surface area contributed by atoms with Gasteiger partial charge in [0, 0.05) is 0 Å². The number of carbonyl (C=O) groups excluding carboxylic acids is 1. The Bertz CT molecular complexity index is 708. The first-order valence-corrected chi connectivity index (χ1v) is 8.00. The average Bonchev–Trinajstić information content (AvgIpc) is 2.60. The highest BCUT2D eigenvalue weighted by atomic mass is 16.1. The molecule has 0 atom stereocenters. The van der Waals surface area contributed by atoms with Gasteiger partial charge < -0.3 is 0 Å². The van der Waals surface area contributed by atoms with E-state index in [0.717, 1.165) is 22.3 Å². The maximum Gasteiger partial charge on any atom is 0.178 e. The van der Waals surface area contributed by atoms with Gasteiger partial charge in [0.15, 0.2) is 5.78 Å². The van der Waals surface area contributed by atoms with Crippen LogP contribution < -0.4 is 0 Å². The van der Waals surface area contributed by atoms with Crippen molar-refractivity contribution in [2.45, 2.75) is 13.8 Å². The van der Waals surface area contributed by atoms with Gasteiger partial charge in [-0.15, -0.1) is 0 Å². The Labute approximate surface area is 144 Å². The second-order valence-electron chi connectivity index (χ2n) is 5.67. The summed E-state index contributed by atoms with van der Waals surface area (Å²) in [5, 5.41) is 0. The van der Waals surface area contributed by atoms with Crippen LogP contribution in [0.15, 0.2) is 96.1 Å². The molecule has 0 aliphatic carbocycles. The minimum absolute atomic E-state index is 0.0170. The van der Waals surface area contributed by atoms with Crippen molar-refractivity contribution in [3.05, 3.63) is 107 Å². The first-order valence-electron chi connectivity index (χ1n) is 8.00. The van der Waals surface area contributed by atoms with Crippen molar-refractivity contribution < 1.29 is 4.79 Å². The first kappa shape index (κ1) is 17.4. The van der Waals surface area contributed by atoms with Crippen LogP contribution in [0.4, 0.5) is 0 Å². The third-order valence-corrected chi connectivity index (χ3v) is 3.41. The summed E-state index contributed by atoms with van der Waals surface area (Å²) in [6, 6.07) is 20.1. The molecule has 0 unspecified atom stereocenters. The molecule has 0 aliphatic heterocycles. The lowest BCUT2D eigenvalue weighted by Crippen LogP contribution is -1.85. The number of allylic oxidation sites excluding steroid dienone is 6. The van der Waals surface area contributed by atoms with Crippen LogP contribution in [0.1, 0.15) is 25.0 Å². The van der Waals surface area contributed by atoms with Gasteiger partial charge in [-0.2, -0.15) is 0 Å². The molecule has 0 amide bonds. The van der Waals surface area contributed by atoms with Gasteiger partial charge >= 0.3 is 0 Å². The van der Waals surface area contributed by atoms with E-state index >= 15 is 0 Å². The fourth-order valence-electron chi connectivity index (χ4n) is 2.20. The summed E-state index contributed by atoms with van der Waals surface area (Å²) < 4.78 is 0. The van der Waals surface area contributed by atoms with Gasteiger partial charge in [-0.3, -0.25) is 4.79 Å². The van der Waals surface area contributed by atoms with E-state index in [-0.39, 0.29) is 5.78 Å². The lowest BCUT2D eigenvalue weighted by atomic mass is 10.1. The van der Waals surface area contributed by atoms with Crippen LogP contribution in [0.25, 0.3) is 12.2 Å². The van der Waals surface area contributed by atoms with Gasteiger partial charge in [-0.1, -0.05) is 96.1 Å². The Hall–Kier alpha value is -2.93. The maximum absolute atomic E-state index is 11.9. The zero-order chi connectivity index (χ0) is 17.2. The number of hydrogen-bond donors (Lipinski definition) is 0. The van der Waals surface area contributed by atoms with Crippen LogP contribution in [0.3, 0.4) is 0 Å². The van der Waals surface area contributed by atoms with Gasteiger partial charge in [-0.05, 0) is 37.1 Å². The summed E-state index contributed by atoms with van der Waals surface area (Å²) in [4.78, 5) is 11.9. The Kier molecular flexibility index (Phi) is 6.73. The smallest absolute Gasteiger partial charge is 0.178 e. The van der Waals surface area contributed by atoms with Gasteiger partial charge in [0.2, 0.25) is 0 Å². The molecule has 24 heavy (non-hydrogen) atoms. The summed E-state index contributed by atoms with van der Waals surface area (Å²) in [6.07, 6.45) is 11.0. The Balaban J connectivity index is 1.95. The van der Waals surface area contributed by atoms with Crippen LogP contribution >= 0.6 is 0 Å². The Morgan fingerprint density at radius 2 is 1.00 bits per heavy atom. The summed E-state index contributed by atoms with van der Waals surface area (Å²) >= 11 is 0. The molecule has 0 bridgehead atoms. The van der Waals surface area contributed by atoms with E-state index in [1.54, 1.807) is 12.2 Å². The molecule has 0 spiro atoms. The summed E-state index contributed by atoms with van der Waals surface area (Å²) in [5.74, 6) is -0.0170. The molecule has 0 saturated heterocycles. The van der Waals surface area contributed by atoms with Crippen LogP contribution in [-0.2, 0) is 4.79 Å². The molecule has 120 valence electrons. The van der Waals surface area contributed by atoms with Gasteiger partial charge in [0.25, 0.3) is 0 Å².